The smallest absolute Gasteiger partial charge is 0.0842 e. The molecule has 0 bridgehead atoms. The Kier molecular flexibility index (Phi) is 2.40. The van der Waals surface area contributed by atoms with Gasteiger partial charge in [-0.3, -0.25) is 9.67 Å². The summed E-state index contributed by atoms with van der Waals surface area (Å²) in [4.78, 5) is 4.05. The Morgan fingerprint density at radius 2 is 2.29 bits per heavy atom. The van der Waals surface area contributed by atoms with Gasteiger partial charge in [0.15, 0.2) is 0 Å². The van der Waals surface area contributed by atoms with Crippen molar-refractivity contribution in [2.45, 2.75) is 6.04 Å². The lowest BCUT2D eigenvalue weighted by molar-refractivity contribution is 0.761. The molecule has 88 valence electrons. The first-order valence-electron chi connectivity index (χ1n) is 5.36. The molecule has 0 saturated heterocycles. The number of aryl methyl sites for hydroxylation is 1. The first kappa shape index (κ1) is 10.4. The van der Waals surface area contributed by atoms with E-state index in [0.717, 1.165) is 23.5 Å². The Morgan fingerprint density at radius 3 is 3.06 bits per heavy atom. The second-order valence-corrected chi connectivity index (χ2v) is 4.48. The average molecular weight is 250 g/mol. The minimum Gasteiger partial charge on any atom is -0.380 e. The van der Waals surface area contributed by atoms with Crippen LogP contribution in [0.4, 0.5) is 11.4 Å². The van der Waals surface area contributed by atoms with Crippen molar-refractivity contribution in [1.29, 1.82) is 0 Å². The molecule has 1 aliphatic rings. The summed E-state index contributed by atoms with van der Waals surface area (Å²) in [6, 6.07) is 0.177. The maximum absolute atomic E-state index is 6.11. The summed E-state index contributed by atoms with van der Waals surface area (Å²) in [6.45, 7) is 0.792. The summed E-state index contributed by atoms with van der Waals surface area (Å²) in [6.07, 6.45) is 7.27. The molecule has 6 heteroatoms. The lowest BCUT2D eigenvalue weighted by atomic mass is 10.1. The van der Waals surface area contributed by atoms with Crippen LogP contribution in [0.25, 0.3) is 0 Å². The van der Waals surface area contributed by atoms with E-state index in [0.29, 0.717) is 5.02 Å². The molecule has 2 aromatic rings. The summed E-state index contributed by atoms with van der Waals surface area (Å²) < 4.78 is 1.79. The zero-order valence-corrected chi connectivity index (χ0v) is 10.1. The maximum atomic E-state index is 6.11. The standard InChI is InChI=1S/C11H12ClN5/c1-17-6-7(2-15-17)9-5-14-10-4-13-3-8(12)11(10)16-9/h2-4,6,9,14,16H,5H2,1H3. The molecule has 2 N–H and O–H groups in total. The van der Waals surface area contributed by atoms with Gasteiger partial charge < -0.3 is 10.6 Å². The van der Waals surface area contributed by atoms with Crippen LogP contribution in [-0.2, 0) is 7.05 Å². The minimum atomic E-state index is 0.177. The highest BCUT2D eigenvalue weighted by Crippen LogP contribution is 2.35. The number of nitrogens with zero attached hydrogens (tertiary/aromatic N) is 3. The summed E-state index contributed by atoms with van der Waals surface area (Å²) in [5, 5.41) is 11.5. The van der Waals surface area contributed by atoms with E-state index in [9.17, 15) is 0 Å². The fourth-order valence-electron chi connectivity index (χ4n) is 1.97. The molecule has 0 aromatic carbocycles. The van der Waals surface area contributed by atoms with E-state index in [1.54, 1.807) is 17.1 Å². The Hall–Kier alpha value is -1.75. The molecular formula is C11H12ClN5. The number of rotatable bonds is 1. The van der Waals surface area contributed by atoms with E-state index in [1.165, 1.54) is 0 Å². The van der Waals surface area contributed by atoms with Crippen LogP contribution in [0.5, 0.6) is 0 Å². The number of hydrogen-bond donors (Lipinski definition) is 2. The number of nitrogens with one attached hydrogen (secondary N) is 2. The number of halogens is 1. The second-order valence-electron chi connectivity index (χ2n) is 4.07. The molecule has 0 saturated carbocycles. The van der Waals surface area contributed by atoms with E-state index in [1.807, 2.05) is 19.4 Å². The molecule has 2 aromatic heterocycles. The molecule has 1 atom stereocenters. The SMILES string of the molecule is Cn1cc(C2CNc3cncc(Cl)c3N2)cn1. The first-order valence-corrected chi connectivity index (χ1v) is 5.74. The third kappa shape index (κ3) is 1.82. The monoisotopic (exact) mass is 249 g/mol. The van der Waals surface area contributed by atoms with Gasteiger partial charge in [0.1, 0.15) is 0 Å². The van der Waals surface area contributed by atoms with Crippen LogP contribution in [0, 0.1) is 0 Å². The molecule has 0 amide bonds. The highest BCUT2D eigenvalue weighted by Gasteiger charge is 2.21. The first-order chi connectivity index (χ1) is 8.24. The van der Waals surface area contributed by atoms with E-state index < -0.39 is 0 Å². The van der Waals surface area contributed by atoms with E-state index >= 15 is 0 Å². The normalized spacial score (nSPS) is 18.1. The van der Waals surface area contributed by atoms with Gasteiger partial charge in [-0.15, -0.1) is 0 Å². The largest absolute Gasteiger partial charge is 0.380 e. The summed E-state index contributed by atoms with van der Waals surface area (Å²) >= 11 is 6.11. The predicted octanol–water partition coefficient (Wildman–Crippen LogP) is 2.05. The molecule has 1 unspecified atom stereocenters. The van der Waals surface area contributed by atoms with Gasteiger partial charge >= 0.3 is 0 Å². The Morgan fingerprint density at radius 1 is 1.41 bits per heavy atom. The van der Waals surface area contributed by atoms with Crippen molar-refractivity contribution in [1.82, 2.24) is 14.8 Å². The lowest BCUT2D eigenvalue weighted by Crippen LogP contribution is -2.25. The Labute approximate surface area is 104 Å². The molecule has 0 aliphatic carbocycles. The van der Waals surface area contributed by atoms with Gasteiger partial charge in [-0.2, -0.15) is 5.10 Å². The zero-order valence-electron chi connectivity index (χ0n) is 9.31. The average Bonchev–Trinajstić information content (AvgIpc) is 2.76. The van der Waals surface area contributed by atoms with Gasteiger partial charge in [-0.05, 0) is 0 Å². The fourth-order valence-corrected chi connectivity index (χ4v) is 2.19. The van der Waals surface area contributed by atoms with Crippen LogP contribution in [0.2, 0.25) is 5.02 Å². The van der Waals surface area contributed by atoms with Gasteiger partial charge in [-0.1, -0.05) is 11.6 Å². The van der Waals surface area contributed by atoms with Crippen LogP contribution < -0.4 is 10.6 Å². The summed E-state index contributed by atoms with van der Waals surface area (Å²) in [5.74, 6) is 0. The van der Waals surface area contributed by atoms with Gasteiger partial charge in [0.05, 0.1) is 34.8 Å². The van der Waals surface area contributed by atoms with E-state index in [-0.39, 0.29) is 6.04 Å². The van der Waals surface area contributed by atoms with Crippen LogP contribution in [-0.4, -0.2) is 21.3 Å². The third-order valence-electron chi connectivity index (χ3n) is 2.84. The molecule has 0 spiro atoms. The molecule has 0 radical (unpaired) electrons. The van der Waals surface area contributed by atoms with Crippen LogP contribution in [0.3, 0.4) is 0 Å². The van der Waals surface area contributed by atoms with E-state index in [4.69, 9.17) is 11.6 Å². The molecule has 1 aliphatic heterocycles. The molecule has 17 heavy (non-hydrogen) atoms. The van der Waals surface area contributed by atoms with Crippen molar-refractivity contribution in [3.63, 3.8) is 0 Å². The summed E-state index contributed by atoms with van der Waals surface area (Å²) in [5.41, 5.74) is 2.98. The lowest BCUT2D eigenvalue weighted by Gasteiger charge is -2.28. The van der Waals surface area contributed by atoms with Gasteiger partial charge in [0, 0.05) is 31.5 Å². The number of aromatic nitrogens is 3. The summed E-state index contributed by atoms with van der Waals surface area (Å²) in [7, 11) is 1.91. The highest BCUT2D eigenvalue weighted by atomic mass is 35.5. The second kappa shape index (κ2) is 3.92. The van der Waals surface area contributed by atoms with Crippen molar-refractivity contribution < 1.29 is 0 Å². The van der Waals surface area contributed by atoms with Crippen molar-refractivity contribution >= 4 is 23.0 Å². The van der Waals surface area contributed by atoms with Crippen LogP contribution in [0.1, 0.15) is 11.6 Å². The Balaban J connectivity index is 1.92. The highest BCUT2D eigenvalue weighted by molar-refractivity contribution is 6.33. The predicted molar refractivity (Wildman–Crippen MR) is 67.3 cm³/mol. The number of fused-ring (bicyclic) bond motifs is 1. The van der Waals surface area contributed by atoms with Crippen molar-refractivity contribution in [2.75, 3.05) is 17.2 Å². The molecule has 3 heterocycles. The van der Waals surface area contributed by atoms with E-state index in [2.05, 4.69) is 20.7 Å². The topological polar surface area (TPSA) is 54.8 Å². The van der Waals surface area contributed by atoms with Crippen molar-refractivity contribution in [3.05, 3.63) is 35.4 Å². The number of hydrogen-bond acceptors (Lipinski definition) is 4. The minimum absolute atomic E-state index is 0.177. The molecule has 0 fully saturated rings. The van der Waals surface area contributed by atoms with Gasteiger partial charge in [0.2, 0.25) is 0 Å². The van der Waals surface area contributed by atoms with Gasteiger partial charge in [-0.25, -0.2) is 0 Å². The Bertz CT molecular complexity index is 551. The van der Waals surface area contributed by atoms with Crippen molar-refractivity contribution in [2.24, 2.45) is 7.05 Å². The zero-order chi connectivity index (χ0) is 11.8. The maximum Gasteiger partial charge on any atom is 0.0842 e. The molecular weight excluding hydrogens is 238 g/mol. The quantitative estimate of drug-likeness (QED) is 0.812. The molecule has 3 rings (SSSR count). The number of pyridine rings is 1. The molecule has 5 nitrogen and oxygen atoms in total. The fraction of sp³-hybridized carbons (Fsp3) is 0.273. The number of anilines is 2. The van der Waals surface area contributed by atoms with Crippen LogP contribution in [0.15, 0.2) is 24.8 Å². The third-order valence-corrected chi connectivity index (χ3v) is 3.13. The van der Waals surface area contributed by atoms with Crippen LogP contribution >= 0.6 is 11.6 Å². The van der Waals surface area contributed by atoms with Gasteiger partial charge in [0.25, 0.3) is 0 Å². The van der Waals surface area contributed by atoms with Crippen molar-refractivity contribution in [3.8, 4) is 0 Å².